The van der Waals surface area contributed by atoms with Crippen LogP contribution in [0.1, 0.15) is 6.42 Å². The fraction of sp³-hybridized carbons (Fsp3) is 0.571. The van der Waals surface area contributed by atoms with Gasteiger partial charge in [0.05, 0.1) is 0 Å². The minimum absolute atomic E-state index is 0.0783. The first kappa shape index (κ1) is 6.31. The number of hydrogen-bond acceptors (Lipinski definition) is 2. The van der Waals surface area contributed by atoms with E-state index in [-0.39, 0.29) is 11.7 Å². The molecule has 1 rings (SSSR count). The minimum Gasteiger partial charge on any atom is -0.330 e. The highest BCUT2D eigenvalue weighted by molar-refractivity contribution is 5.98. The van der Waals surface area contributed by atoms with E-state index in [1.54, 1.807) is 0 Å². The molecule has 0 spiro atoms. The summed E-state index contributed by atoms with van der Waals surface area (Å²) < 4.78 is 0. The molecule has 0 bridgehead atoms. The third-order valence-electron chi connectivity index (χ3n) is 1.70. The quantitative estimate of drug-likeness (QED) is 0.407. The van der Waals surface area contributed by atoms with Gasteiger partial charge < -0.3 is 5.73 Å². The molecule has 2 nitrogen and oxygen atoms in total. The van der Waals surface area contributed by atoms with Crippen LogP contribution in [-0.4, -0.2) is 12.3 Å². The van der Waals surface area contributed by atoms with Crippen molar-refractivity contribution < 1.29 is 4.79 Å². The zero-order valence-electron chi connectivity index (χ0n) is 5.13. The molecule has 1 aliphatic carbocycles. The Labute approximate surface area is 54.4 Å². The first-order chi connectivity index (χ1) is 4.29. The Morgan fingerprint density at radius 3 is 2.89 bits per heavy atom. The molecule has 0 heterocycles. The van der Waals surface area contributed by atoms with Gasteiger partial charge in [0, 0.05) is 5.92 Å². The van der Waals surface area contributed by atoms with Crippen molar-refractivity contribution in [1.29, 1.82) is 0 Å². The summed E-state index contributed by atoms with van der Waals surface area (Å²) in [5, 5.41) is 0. The molecule has 2 heteroatoms. The third kappa shape index (κ3) is 1.11. The lowest BCUT2D eigenvalue weighted by Gasteiger charge is -1.85. The molecule has 1 fully saturated rings. The largest absolute Gasteiger partial charge is 0.330 e. The highest BCUT2D eigenvalue weighted by Gasteiger charge is 2.40. The average molecular weight is 123 g/mol. The predicted octanol–water partition coefficient (Wildman–Crippen LogP) is -0.217. The minimum atomic E-state index is -0.0783. The number of hydrogen-bond donors (Lipinski definition) is 1. The highest BCUT2D eigenvalue weighted by Crippen LogP contribution is 2.37. The second-order valence-corrected chi connectivity index (χ2v) is 2.35. The van der Waals surface area contributed by atoms with Gasteiger partial charge in [-0.2, -0.15) is 0 Å². The van der Waals surface area contributed by atoms with Crippen LogP contribution in [0.2, 0.25) is 0 Å². The van der Waals surface area contributed by atoms with Crippen LogP contribution in [0.25, 0.3) is 0 Å². The van der Waals surface area contributed by atoms with Gasteiger partial charge in [-0.1, -0.05) is 0 Å². The maximum Gasteiger partial charge on any atom is 0.208 e. The van der Waals surface area contributed by atoms with E-state index in [1.165, 1.54) is 0 Å². The van der Waals surface area contributed by atoms with Gasteiger partial charge >= 0.3 is 0 Å². The fourth-order valence-electron chi connectivity index (χ4n) is 0.936. The molecule has 9 heavy (non-hydrogen) atoms. The lowest BCUT2D eigenvalue weighted by molar-refractivity contribution is -0.115. The van der Waals surface area contributed by atoms with Crippen LogP contribution >= 0.6 is 0 Å². The summed E-state index contributed by atoms with van der Waals surface area (Å²) in [7, 11) is 0. The molecule has 0 aromatic carbocycles. The van der Waals surface area contributed by atoms with Gasteiger partial charge in [0.25, 0.3) is 0 Å². The monoisotopic (exact) mass is 123 g/mol. The second-order valence-electron chi connectivity index (χ2n) is 2.35. The topological polar surface area (TPSA) is 43.1 Å². The maximum absolute atomic E-state index is 10.7. The summed E-state index contributed by atoms with van der Waals surface area (Å²) in [4.78, 5) is 10.7. The van der Waals surface area contributed by atoms with Gasteiger partial charge in [-0.25, -0.2) is 0 Å². The van der Waals surface area contributed by atoms with Crippen LogP contribution in [0.4, 0.5) is 0 Å². The molecule has 0 unspecified atom stereocenters. The number of rotatable bonds is 2. The van der Waals surface area contributed by atoms with Gasteiger partial charge in [-0.05, 0) is 24.8 Å². The normalized spacial score (nSPS) is 31.1. The van der Waals surface area contributed by atoms with Gasteiger partial charge in [-0.3, -0.25) is 4.79 Å². The summed E-state index contributed by atoms with van der Waals surface area (Å²) >= 11 is 0. The predicted molar refractivity (Wildman–Crippen MR) is 34.5 cm³/mol. The standard InChI is InChI=1S/C7H9NO/c1-2-7(9)6-3-5(6)4-8/h1,5-6H,3-4,8H2/t5-,6-/m0/s1. The van der Waals surface area contributed by atoms with E-state index in [1.807, 2.05) is 0 Å². The van der Waals surface area contributed by atoms with Crippen molar-refractivity contribution in [1.82, 2.24) is 0 Å². The lowest BCUT2D eigenvalue weighted by Crippen LogP contribution is -2.06. The van der Waals surface area contributed by atoms with Crippen molar-refractivity contribution in [3.8, 4) is 12.3 Å². The van der Waals surface area contributed by atoms with Crippen molar-refractivity contribution in [2.75, 3.05) is 6.54 Å². The number of ketones is 1. The molecule has 0 saturated heterocycles. The molecule has 0 radical (unpaired) electrons. The molecular formula is C7H9NO. The molecule has 1 aliphatic rings. The first-order valence-electron chi connectivity index (χ1n) is 3.00. The van der Waals surface area contributed by atoms with E-state index >= 15 is 0 Å². The van der Waals surface area contributed by atoms with Crippen molar-refractivity contribution >= 4 is 5.78 Å². The van der Waals surface area contributed by atoms with E-state index < -0.39 is 0 Å². The van der Waals surface area contributed by atoms with Crippen molar-refractivity contribution in [2.24, 2.45) is 17.6 Å². The lowest BCUT2D eigenvalue weighted by atomic mass is 10.2. The molecule has 2 N–H and O–H groups in total. The summed E-state index contributed by atoms with van der Waals surface area (Å²) in [6, 6.07) is 0. The average Bonchev–Trinajstić information content (AvgIpc) is 2.64. The maximum atomic E-state index is 10.7. The van der Waals surface area contributed by atoms with Crippen LogP contribution in [0.15, 0.2) is 0 Å². The molecule has 0 amide bonds. The summed E-state index contributed by atoms with van der Waals surface area (Å²) in [5.74, 6) is 2.50. The molecular weight excluding hydrogens is 114 g/mol. The second kappa shape index (κ2) is 2.20. The van der Waals surface area contributed by atoms with Crippen LogP contribution in [0.3, 0.4) is 0 Å². The SMILES string of the molecule is C#CC(=O)[C@H]1C[C@H]1CN. The van der Waals surface area contributed by atoms with E-state index in [0.29, 0.717) is 12.5 Å². The van der Waals surface area contributed by atoms with Crippen molar-refractivity contribution in [3.63, 3.8) is 0 Å². The first-order valence-corrected chi connectivity index (χ1v) is 3.00. The summed E-state index contributed by atoms with van der Waals surface area (Å²) in [6.07, 6.45) is 5.79. The Morgan fingerprint density at radius 2 is 2.56 bits per heavy atom. The van der Waals surface area contributed by atoms with Crippen LogP contribution in [0, 0.1) is 24.2 Å². The third-order valence-corrected chi connectivity index (χ3v) is 1.70. The molecule has 1 saturated carbocycles. The van der Waals surface area contributed by atoms with E-state index in [0.717, 1.165) is 6.42 Å². The number of nitrogens with two attached hydrogens (primary N) is 1. The Hall–Kier alpha value is -0.810. The number of carbonyl (C=O) groups excluding carboxylic acids is 1. The van der Waals surface area contributed by atoms with E-state index in [2.05, 4.69) is 5.92 Å². The highest BCUT2D eigenvalue weighted by atomic mass is 16.1. The zero-order chi connectivity index (χ0) is 6.85. The van der Waals surface area contributed by atoms with E-state index in [4.69, 9.17) is 12.2 Å². The van der Waals surface area contributed by atoms with Crippen LogP contribution in [0.5, 0.6) is 0 Å². The molecule has 0 aromatic heterocycles. The van der Waals surface area contributed by atoms with Gasteiger partial charge in [0.15, 0.2) is 0 Å². The Morgan fingerprint density at radius 1 is 1.89 bits per heavy atom. The van der Waals surface area contributed by atoms with Gasteiger partial charge in [0.1, 0.15) is 0 Å². The summed E-state index contributed by atoms with van der Waals surface area (Å²) in [6.45, 7) is 0.595. The Balaban J connectivity index is 2.36. The number of Topliss-reactive ketones (excluding diaryl/α,β-unsaturated/α-hetero) is 1. The number of carbonyl (C=O) groups is 1. The molecule has 0 aliphatic heterocycles. The number of terminal acetylenes is 1. The smallest absolute Gasteiger partial charge is 0.208 e. The molecule has 0 aromatic rings. The van der Waals surface area contributed by atoms with Crippen LogP contribution in [-0.2, 0) is 4.79 Å². The van der Waals surface area contributed by atoms with Crippen LogP contribution < -0.4 is 5.73 Å². The zero-order valence-corrected chi connectivity index (χ0v) is 5.13. The van der Waals surface area contributed by atoms with Crippen molar-refractivity contribution in [2.45, 2.75) is 6.42 Å². The van der Waals surface area contributed by atoms with Gasteiger partial charge in [-0.15, -0.1) is 6.42 Å². The molecule has 48 valence electrons. The Kier molecular flexibility index (Phi) is 1.54. The Bertz CT molecular complexity index is 168. The summed E-state index contributed by atoms with van der Waals surface area (Å²) in [5.41, 5.74) is 5.30. The van der Waals surface area contributed by atoms with E-state index in [9.17, 15) is 4.79 Å². The molecule has 2 atom stereocenters. The van der Waals surface area contributed by atoms with Gasteiger partial charge in [0.2, 0.25) is 5.78 Å². The van der Waals surface area contributed by atoms with Crippen molar-refractivity contribution in [3.05, 3.63) is 0 Å². The fourth-order valence-corrected chi connectivity index (χ4v) is 0.936.